The molecule has 1 aliphatic heterocycles. The number of rotatable bonds is 3. The van der Waals surface area contributed by atoms with Crippen molar-refractivity contribution in [1.29, 1.82) is 0 Å². The molecule has 0 bridgehead atoms. The van der Waals surface area contributed by atoms with E-state index in [-0.39, 0.29) is 0 Å². The van der Waals surface area contributed by atoms with Crippen LogP contribution in [0.1, 0.15) is 18.5 Å². The van der Waals surface area contributed by atoms with Gasteiger partial charge in [-0.25, -0.2) is 4.98 Å². The summed E-state index contributed by atoms with van der Waals surface area (Å²) >= 11 is 3.59. The summed E-state index contributed by atoms with van der Waals surface area (Å²) in [7, 11) is 2.14. The first-order chi connectivity index (χ1) is 9.31. The number of alkyl halides is 1. The van der Waals surface area contributed by atoms with Crippen molar-refractivity contribution in [1.82, 2.24) is 9.38 Å². The van der Waals surface area contributed by atoms with Crippen LogP contribution in [-0.2, 0) is 10.1 Å². The minimum absolute atomic E-state index is 0.525. The summed E-state index contributed by atoms with van der Waals surface area (Å²) in [6.07, 6.45) is 4.22. The predicted octanol–water partition coefficient (Wildman–Crippen LogP) is 2.84. The van der Waals surface area contributed by atoms with Gasteiger partial charge in [0.2, 0.25) is 0 Å². The second kappa shape index (κ2) is 5.51. The fourth-order valence-electron chi connectivity index (χ4n) is 2.69. The molecule has 0 aliphatic carbocycles. The summed E-state index contributed by atoms with van der Waals surface area (Å²) < 4.78 is 7.59. The van der Waals surface area contributed by atoms with Crippen molar-refractivity contribution in [2.45, 2.75) is 24.2 Å². The first-order valence-electron chi connectivity index (χ1n) is 6.63. The molecule has 1 saturated heterocycles. The van der Waals surface area contributed by atoms with Crippen molar-refractivity contribution in [2.75, 3.05) is 25.2 Å². The average Bonchev–Trinajstić information content (AvgIpc) is 2.85. The highest BCUT2D eigenvalue weighted by Gasteiger charge is 2.23. The van der Waals surface area contributed by atoms with Crippen LogP contribution in [-0.4, -0.2) is 35.7 Å². The van der Waals surface area contributed by atoms with Gasteiger partial charge >= 0.3 is 0 Å². The van der Waals surface area contributed by atoms with E-state index in [0.717, 1.165) is 42.9 Å². The molecule has 102 valence electrons. The second-order valence-electron chi connectivity index (χ2n) is 4.90. The zero-order valence-corrected chi connectivity index (χ0v) is 12.6. The highest BCUT2D eigenvalue weighted by Crippen LogP contribution is 2.27. The summed E-state index contributed by atoms with van der Waals surface area (Å²) in [5, 5.41) is 0.807. The Morgan fingerprint density at radius 2 is 2.21 bits per heavy atom. The lowest BCUT2D eigenvalue weighted by Crippen LogP contribution is -2.37. The normalized spacial score (nSPS) is 16.9. The molecule has 19 heavy (non-hydrogen) atoms. The number of pyridine rings is 1. The maximum Gasteiger partial charge on any atom is 0.152 e. The molecule has 1 fully saturated rings. The largest absolute Gasteiger partial charge is 0.381 e. The van der Waals surface area contributed by atoms with Crippen LogP contribution in [0.3, 0.4) is 0 Å². The van der Waals surface area contributed by atoms with E-state index in [1.54, 1.807) is 0 Å². The van der Waals surface area contributed by atoms with Crippen LogP contribution in [0.2, 0.25) is 0 Å². The van der Waals surface area contributed by atoms with Gasteiger partial charge in [-0.15, -0.1) is 0 Å². The summed E-state index contributed by atoms with van der Waals surface area (Å²) in [6, 6.07) is 6.64. The number of hydrogen-bond acceptors (Lipinski definition) is 3. The lowest BCUT2D eigenvalue weighted by Gasteiger charge is -2.31. The van der Waals surface area contributed by atoms with Crippen LogP contribution in [0.5, 0.6) is 0 Å². The van der Waals surface area contributed by atoms with Gasteiger partial charge in [0, 0.05) is 37.8 Å². The predicted molar refractivity (Wildman–Crippen MR) is 80.1 cm³/mol. The lowest BCUT2D eigenvalue weighted by atomic mass is 10.1. The molecule has 1 aliphatic rings. The third kappa shape index (κ3) is 2.37. The van der Waals surface area contributed by atoms with Gasteiger partial charge in [0.1, 0.15) is 5.65 Å². The molecule has 0 spiro atoms. The topological polar surface area (TPSA) is 29.8 Å². The van der Waals surface area contributed by atoms with Crippen LogP contribution in [0.25, 0.3) is 5.65 Å². The van der Waals surface area contributed by atoms with Crippen LogP contribution in [0, 0.1) is 0 Å². The van der Waals surface area contributed by atoms with Crippen molar-refractivity contribution in [2.24, 2.45) is 0 Å². The Bertz CT molecular complexity index is 563. The Hall–Kier alpha value is -1.07. The molecule has 3 heterocycles. The van der Waals surface area contributed by atoms with Gasteiger partial charge in [-0.3, -0.25) is 0 Å². The minimum Gasteiger partial charge on any atom is -0.381 e. The van der Waals surface area contributed by atoms with Crippen molar-refractivity contribution in [3.63, 3.8) is 0 Å². The summed E-state index contributed by atoms with van der Waals surface area (Å²) in [4.78, 5) is 7.09. The minimum atomic E-state index is 0.525. The Morgan fingerprint density at radius 1 is 1.42 bits per heavy atom. The number of imidazole rings is 1. The van der Waals surface area contributed by atoms with Gasteiger partial charge in [0.05, 0.1) is 5.69 Å². The molecule has 5 heteroatoms. The maximum atomic E-state index is 5.44. The summed E-state index contributed by atoms with van der Waals surface area (Å²) in [6.45, 7) is 1.71. The number of hydrogen-bond donors (Lipinski definition) is 0. The van der Waals surface area contributed by atoms with E-state index in [0.29, 0.717) is 6.04 Å². The molecule has 0 amide bonds. The number of aromatic nitrogens is 2. The molecule has 0 aromatic carbocycles. The van der Waals surface area contributed by atoms with Crippen LogP contribution in [0.4, 0.5) is 5.82 Å². The number of anilines is 1. The van der Waals surface area contributed by atoms with Crippen molar-refractivity contribution in [3.05, 3.63) is 30.1 Å². The molecule has 4 nitrogen and oxygen atoms in total. The van der Waals surface area contributed by atoms with Crippen molar-refractivity contribution in [3.8, 4) is 0 Å². The van der Waals surface area contributed by atoms with Crippen LogP contribution >= 0.6 is 15.9 Å². The average molecular weight is 324 g/mol. The third-order valence-electron chi connectivity index (χ3n) is 3.81. The quantitative estimate of drug-likeness (QED) is 0.813. The van der Waals surface area contributed by atoms with Crippen molar-refractivity contribution >= 4 is 27.4 Å². The van der Waals surface area contributed by atoms with E-state index in [1.165, 1.54) is 5.69 Å². The molecular formula is C14H18BrN3O. The van der Waals surface area contributed by atoms with Gasteiger partial charge in [-0.05, 0) is 25.0 Å². The lowest BCUT2D eigenvalue weighted by molar-refractivity contribution is 0.0853. The molecule has 2 aromatic rings. The summed E-state index contributed by atoms with van der Waals surface area (Å²) in [5.41, 5.74) is 2.22. The highest BCUT2D eigenvalue weighted by molar-refractivity contribution is 9.08. The molecule has 0 N–H and O–H groups in total. The first-order valence-corrected chi connectivity index (χ1v) is 7.76. The Balaban J connectivity index is 1.98. The molecule has 2 aromatic heterocycles. The Labute approximate surface area is 121 Å². The molecule has 0 atom stereocenters. The fourth-order valence-corrected chi connectivity index (χ4v) is 3.21. The molecule has 0 radical (unpaired) electrons. The van der Waals surface area contributed by atoms with Gasteiger partial charge in [-0.2, -0.15) is 0 Å². The van der Waals surface area contributed by atoms with Crippen LogP contribution < -0.4 is 4.90 Å². The second-order valence-corrected chi connectivity index (χ2v) is 5.46. The molecule has 3 rings (SSSR count). The SMILES string of the molecule is CN(c1nc2ccccn2c1CBr)C1CCOCC1. The fraction of sp³-hybridized carbons (Fsp3) is 0.500. The zero-order chi connectivity index (χ0) is 13.2. The van der Waals surface area contributed by atoms with Gasteiger partial charge < -0.3 is 14.0 Å². The Kier molecular flexibility index (Phi) is 3.75. The maximum absolute atomic E-state index is 5.44. The van der Waals surface area contributed by atoms with E-state index < -0.39 is 0 Å². The van der Waals surface area contributed by atoms with Gasteiger partial charge in [0.15, 0.2) is 5.82 Å². The van der Waals surface area contributed by atoms with Gasteiger partial charge in [0.25, 0.3) is 0 Å². The monoisotopic (exact) mass is 323 g/mol. The summed E-state index contributed by atoms with van der Waals surface area (Å²) in [5.74, 6) is 1.08. The van der Waals surface area contributed by atoms with E-state index in [2.05, 4.69) is 38.5 Å². The number of halogens is 1. The highest BCUT2D eigenvalue weighted by atomic mass is 79.9. The van der Waals surface area contributed by atoms with E-state index in [4.69, 9.17) is 9.72 Å². The molecule has 0 saturated carbocycles. The van der Waals surface area contributed by atoms with E-state index >= 15 is 0 Å². The van der Waals surface area contributed by atoms with Crippen LogP contribution in [0.15, 0.2) is 24.4 Å². The standard InChI is InChI=1S/C14H18BrN3O/c1-17(11-5-8-19-9-6-11)14-12(10-15)18-7-3-2-4-13(18)16-14/h2-4,7,11H,5-6,8-10H2,1H3. The first kappa shape index (κ1) is 12.9. The van der Waals surface area contributed by atoms with E-state index in [9.17, 15) is 0 Å². The number of fused-ring (bicyclic) bond motifs is 1. The van der Waals surface area contributed by atoms with E-state index in [1.807, 2.05) is 18.2 Å². The number of ether oxygens (including phenoxy) is 1. The van der Waals surface area contributed by atoms with Gasteiger partial charge in [-0.1, -0.05) is 22.0 Å². The zero-order valence-electron chi connectivity index (χ0n) is 11.1. The Morgan fingerprint density at radius 3 is 2.95 bits per heavy atom. The number of nitrogens with zero attached hydrogens (tertiary/aromatic N) is 3. The molecule has 0 unspecified atom stereocenters. The smallest absolute Gasteiger partial charge is 0.152 e. The molecular weight excluding hydrogens is 306 g/mol. The van der Waals surface area contributed by atoms with Crippen molar-refractivity contribution < 1.29 is 4.74 Å². The third-order valence-corrected chi connectivity index (χ3v) is 4.34.